The summed E-state index contributed by atoms with van der Waals surface area (Å²) in [7, 11) is 0.615. The molecule has 12 heavy (non-hydrogen) atoms. The molecule has 1 aromatic rings. The van der Waals surface area contributed by atoms with E-state index in [9.17, 15) is 4.21 Å². The zero-order valence-corrected chi connectivity index (χ0v) is 8.67. The van der Waals surface area contributed by atoms with Crippen LogP contribution in [0.3, 0.4) is 0 Å². The van der Waals surface area contributed by atoms with Gasteiger partial charge in [-0.15, -0.1) is 11.8 Å². The molecule has 1 aromatic carbocycles. The molecular formula is C8H11NOS2. The van der Waals surface area contributed by atoms with E-state index in [1.807, 2.05) is 30.5 Å². The van der Waals surface area contributed by atoms with Crippen molar-refractivity contribution in [2.24, 2.45) is 0 Å². The minimum Gasteiger partial charge on any atom is -0.237 e. The highest BCUT2D eigenvalue weighted by Gasteiger charge is 2.05. The summed E-state index contributed by atoms with van der Waals surface area (Å²) in [6.07, 6.45) is 1.98. The van der Waals surface area contributed by atoms with Crippen LogP contribution in [0.2, 0.25) is 0 Å². The van der Waals surface area contributed by atoms with E-state index in [-0.39, 0.29) is 0 Å². The van der Waals surface area contributed by atoms with E-state index in [0.29, 0.717) is 0 Å². The highest BCUT2D eigenvalue weighted by atomic mass is 32.2. The molecule has 0 aromatic heterocycles. The average Bonchev–Trinajstić information content (AvgIpc) is 2.16. The van der Waals surface area contributed by atoms with Gasteiger partial charge in [-0.2, -0.15) is 0 Å². The van der Waals surface area contributed by atoms with Crippen molar-refractivity contribution in [1.82, 2.24) is 4.72 Å². The molecule has 0 radical (unpaired) electrons. The summed E-state index contributed by atoms with van der Waals surface area (Å²) < 4.78 is 14.1. The first-order valence-electron chi connectivity index (χ1n) is 3.51. The fourth-order valence-electron chi connectivity index (χ4n) is 0.882. The molecule has 0 amide bonds. The number of hydrogen-bond donors (Lipinski definition) is 1. The van der Waals surface area contributed by atoms with Crippen LogP contribution in [0.15, 0.2) is 34.1 Å². The topological polar surface area (TPSA) is 29.1 Å². The summed E-state index contributed by atoms with van der Waals surface area (Å²) >= 11 is 1.61. The SMILES string of the molecule is CNS(=O)c1ccccc1SC. The Balaban J connectivity index is 3.04. The molecule has 2 nitrogen and oxygen atoms in total. The van der Waals surface area contributed by atoms with Crippen molar-refractivity contribution in [3.05, 3.63) is 24.3 Å². The summed E-state index contributed by atoms with van der Waals surface area (Å²) in [6, 6.07) is 7.68. The van der Waals surface area contributed by atoms with Gasteiger partial charge in [0.15, 0.2) is 0 Å². The maximum atomic E-state index is 11.4. The lowest BCUT2D eigenvalue weighted by Gasteiger charge is -2.04. The molecule has 4 heteroatoms. The van der Waals surface area contributed by atoms with E-state index >= 15 is 0 Å². The van der Waals surface area contributed by atoms with Crippen LogP contribution in [-0.2, 0) is 11.0 Å². The van der Waals surface area contributed by atoms with Crippen molar-refractivity contribution in [3.63, 3.8) is 0 Å². The van der Waals surface area contributed by atoms with Gasteiger partial charge in [-0.25, -0.2) is 8.93 Å². The van der Waals surface area contributed by atoms with Gasteiger partial charge in [0.1, 0.15) is 11.0 Å². The largest absolute Gasteiger partial charge is 0.237 e. The molecule has 66 valence electrons. The molecule has 0 aliphatic rings. The number of rotatable bonds is 3. The Morgan fingerprint density at radius 1 is 1.42 bits per heavy atom. The van der Waals surface area contributed by atoms with E-state index in [1.54, 1.807) is 18.8 Å². The van der Waals surface area contributed by atoms with Gasteiger partial charge in [0, 0.05) is 4.90 Å². The third-order valence-electron chi connectivity index (χ3n) is 1.45. The molecule has 0 fully saturated rings. The van der Waals surface area contributed by atoms with Crippen LogP contribution in [0, 0.1) is 0 Å². The third kappa shape index (κ3) is 2.09. The lowest BCUT2D eigenvalue weighted by Crippen LogP contribution is -2.11. The standard InChI is InChI=1S/C8H11NOS2/c1-9-12(10)8-6-4-3-5-7(8)11-2/h3-6,9H,1-2H3. The minimum atomic E-state index is -1.07. The van der Waals surface area contributed by atoms with Gasteiger partial charge in [-0.1, -0.05) is 12.1 Å². The molecule has 0 aliphatic heterocycles. The number of nitrogens with one attached hydrogen (secondary N) is 1. The normalized spacial score (nSPS) is 12.8. The summed E-state index contributed by atoms with van der Waals surface area (Å²) in [5.74, 6) is 0. The van der Waals surface area contributed by atoms with E-state index in [1.165, 1.54) is 0 Å². The highest BCUT2D eigenvalue weighted by Crippen LogP contribution is 2.21. The zero-order valence-electron chi connectivity index (χ0n) is 7.03. The lowest BCUT2D eigenvalue weighted by atomic mass is 10.4. The molecule has 0 saturated carbocycles. The van der Waals surface area contributed by atoms with E-state index in [2.05, 4.69) is 4.72 Å². The molecule has 0 aliphatic carbocycles. The molecular weight excluding hydrogens is 190 g/mol. The molecule has 1 N–H and O–H groups in total. The van der Waals surface area contributed by atoms with Crippen molar-refractivity contribution in [2.45, 2.75) is 9.79 Å². The van der Waals surface area contributed by atoms with E-state index in [0.717, 1.165) is 9.79 Å². The van der Waals surface area contributed by atoms with Gasteiger partial charge in [0.2, 0.25) is 0 Å². The molecule has 1 unspecified atom stereocenters. The van der Waals surface area contributed by atoms with Gasteiger partial charge in [-0.05, 0) is 25.4 Å². The summed E-state index contributed by atoms with van der Waals surface area (Å²) in [5.41, 5.74) is 0. The molecule has 0 bridgehead atoms. The van der Waals surface area contributed by atoms with Crippen LogP contribution in [0.5, 0.6) is 0 Å². The van der Waals surface area contributed by atoms with Crippen molar-refractivity contribution < 1.29 is 4.21 Å². The van der Waals surface area contributed by atoms with Crippen molar-refractivity contribution in [1.29, 1.82) is 0 Å². The van der Waals surface area contributed by atoms with Crippen molar-refractivity contribution in [3.8, 4) is 0 Å². The Morgan fingerprint density at radius 3 is 2.67 bits per heavy atom. The summed E-state index contributed by atoms with van der Waals surface area (Å²) in [6.45, 7) is 0. The lowest BCUT2D eigenvalue weighted by molar-refractivity contribution is 0.676. The first kappa shape index (κ1) is 9.77. The second-order valence-corrected chi connectivity index (χ2v) is 4.36. The quantitative estimate of drug-likeness (QED) is 0.753. The fourth-order valence-corrected chi connectivity index (χ4v) is 2.52. The van der Waals surface area contributed by atoms with Crippen LogP contribution >= 0.6 is 11.8 Å². The Morgan fingerprint density at radius 2 is 2.08 bits per heavy atom. The minimum absolute atomic E-state index is 0.854. The van der Waals surface area contributed by atoms with E-state index in [4.69, 9.17) is 0 Å². The Hall–Kier alpha value is -0.320. The van der Waals surface area contributed by atoms with Gasteiger partial charge < -0.3 is 0 Å². The van der Waals surface area contributed by atoms with Gasteiger partial charge in [-0.3, -0.25) is 0 Å². The van der Waals surface area contributed by atoms with Crippen molar-refractivity contribution >= 4 is 22.7 Å². The number of thioether (sulfide) groups is 1. The van der Waals surface area contributed by atoms with Crippen molar-refractivity contribution in [2.75, 3.05) is 13.3 Å². The number of hydrogen-bond acceptors (Lipinski definition) is 2. The van der Waals surface area contributed by atoms with E-state index < -0.39 is 11.0 Å². The molecule has 1 rings (SSSR count). The van der Waals surface area contributed by atoms with Crippen LogP contribution in [0.25, 0.3) is 0 Å². The van der Waals surface area contributed by atoms with Crippen LogP contribution in [0.1, 0.15) is 0 Å². The van der Waals surface area contributed by atoms with Gasteiger partial charge in [0.05, 0.1) is 4.90 Å². The third-order valence-corrected chi connectivity index (χ3v) is 3.51. The van der Waals surface area contributed by atoms with Crippen LogP contribution in [0.4, 0.5) is 0 Å². The summed E-state index contributed by atoms with van der Waals surface area (Å²) in [5, 5.41) is 0. The fraction of sp³-hybridized carbons (Fsp3) is 0.250. The van der Waals surface area contributed by atoms with Gasteiger partial charge >= 0.3 is 0 Å². The predicted molar refractivity (Wildman–Crippen MR) is 53.7 cm³/mol. The molecule has 0 saturated heterocycles. The average molecular weight is 201 g/mol. The maximum Gasteiger partial charge on any atom is 0.125 e. The van der Waals surface area contributed by atoms with Crippen LogP contribution in [-0.4, -0.2) is 17.5 Å². The monoisotopic (exact) mass is 201 g/mol. The highest BCUT2D eigenvalue weighted by molar-refractivity contribution is 7.99. The second-order valence-electron chi connectivity index (χ2n) is 2.12. The predicted octanol–water partition coefficient (Wildman–Crippen LogP) is 1.65. The Bertz CT molecular complexity index is 288. The smallest absolute Gasteiger partial charge is 0.125 e. The first-order chi connectivity index (χ1) is 5.79. The molecule has 1 atom stereocenters. The number of benzene rings is 1. The van der Waals surface area contributed by atoms with Gasteiger partial charge in [0.25, 0.3) is 0 Å². The zero-order chi connectivity index (χ0) is 8.97. The second kappa shape index (κ2) is 4.64. The Labute approximate surface area is 79.3 Å². The molecule has 0 heterocycles. The molecule has 0 spiro atoms. The Kier molecular flexibility index (Phi) is 3.78. The summed E-state index contributed by atoms with van der Waals surface area (Å²) in [4.78, 5) is 1.91. The first-order valence-corrected chi connectivity index (χ1v) is 5.89. The van der Waals surface area contributed by atoms with Crippen LogP contribution < -0.4 is 4.72 Å². The maximum absolute atomic E-state index is 11.4.